The first-order valence-corrected chi connectivity index (χ1v) is 8.53. The van der Waals surface area contributed by atoms with Crippen molar-refractivity contribution in [2.45, 2.75) is 18.9 Å². The molecule has 7 heteroatoms. The van der Waals surface area contributed by atoms with Crippen molar-refractivity contribution in [3.63, 3.8) is 0 Å². The lowest BCUT2D eigenvalue weighted by Crippen LogP contribution is -2.23. The molecule has 1 unspecified atom stereocenters. The normalized spacial score (nSPS) is 11.9. The van der Waals surface area contributed by atoms with E-state index in [1.165, 1.54) is 24.3 Å². The molecule has 0 amide bonds. The van der Waals surface area contributed by atoms with Crippen LogP contribution in [0.1, 0.15) is 23.7 Å². The number of aromatic amines is 1. The number of phenols is 1. The SMILES string of the molecule is Cl.O=c1ccc2c(C(O)CNCCCc3cccc(F)c3)ccc(O)c2[nH]1. The van der Waals surface area contributed by atoms with Gasteiger partial charge in [0.1, 0.15) is 11.6 Å². The lowest BCUT2D eigenvalue weighted by atomic mass is 10.0. The van der Waals surface area contributed by atoms with E-state index in [2.05, 4.69) is 10.3 Å². The second-order valence-electron chi connectivity index (χ2n) is 6.24. The van der Waals surface area contributed by atoms with Crippen molar-refractivity contribution in [1.82, 2.24) is 10.3 Å². The first-order chi connectivity index (χ1) is 12.5. The standard InChI is InChI=1S/C20H21FN2O3.ClH/c21-14-5-1-3-13(11-14)4-2-10-22-12-18(25)15-6-8-17(24)20-16(15)7-9-19(26)23-20;/h1,3,5-9,11,18,22,24-25H,2,4,10,12H2,(H,23,26);1H. The molecule has 3 rings (SSSR count). The lowest BCUT2D eigenvalue weighted by Gasteiger charge is -2.15. The molecule has 5 nitrogen and oxygen atoms in total. The number of aliphatic hydroxyl groups excluding tert-OH is 1. The van der Waals surface area contributed by atoms with Gasteiger partial charge >= 0.3 is 0 Å². The van der Waals surface area contributed by atoms with Crippen LogP contribution in [-0.4, -0.2) is 28.3 Å². The van der Waals surface area contributed by atoms with Crippen molar-refractivity contribution in [3.05, 3.63) is 75.8 Å². The summed E-state index contributed by atoms with van der Waals surface area (Å²) in [6, 6.07) is 12.6. The van der Waals surface area contributed by atoms with E-state index in [4.69, 9.17) is 0 Å². The number of rotatable bonds is 7. The van der Waals surface area contributed by atoms with Gasteiger partial charge in [-0.15, -0.1) is 12.4 Å². The van der Waals surface area contributed by atoms with Crippen LogP contribution in [0.2, 0.25) is 0 Å². The highest BCUT2D eigenvalue weighted by Gasteiger charge is 2.13. The quantitative estimate of drug-likeness (QED) is 0.465. The molecule has 1 atom stereocenters. The number of H-pyrrole nitrogens is 1. The third-order valence-electron chi connectivity index (χ3n) is 4.31. The van der Waals surface area contributed by atoms with Gasteiger partial charge in [0, 0.05) is 18.0 Å². The predicted octanol–water partition coefficient (Wildman–Crippen LogP) is 3.05. The number of phenolic OH excluding ortho intramolecular Hbond substituents is 1. The van der Waals surface area contributed by atoms with E-state index >= 15 is 0 Å². The highest BCUT2D eigenvalue weighted by Crippen LogP contribution is 2.28. The molecule has 0 bridgehead atoms. The molecule has 3 aromatic rings. The Balaban J connectivity index is 0.00000261. The van der Waals surface area contributed by atoms with Crippen molar-refractivity contribution in [2.75, 3.05) is 13.1 Å². The van der Waals surface area contributed by atoms with Gasteiger partial charge in [0.05, 0.1) is 11.6 Å². The van der Waals surface area contributed by atoms with E-state index in [1.54, 1.807) is 18.2 Å². The van der Waals surface area contributed by atoms with Crippen LogP contribution in [0, 0.1) is 5.82 Å². The monoisotopic (exact) mass is 392 g/mol. The maximum Gasteiger partial charge on any atom is 0.248 e. The molecule has 0 radical (unpaired) electrons. The van der Waals surface area contributed by atoms with Gasteiger partial charge in [0.15, 0.2) is 0 Å². The summed E-state index contributed by atoms with van der Waals surface area (Å²) in [4.78, 5) is 14.0. The van der Waals surface area contributed by atoms with E-state index in [0.29, 0.717) is 29.6 Å². The van der Waals surface area contributed by atoms with Gasteiger partial charge < -0.3 is 20.5 Å². The number of benzene rings is 2. The summed E-state index contributed by atoms with van der Waals surface area (Å²) in [5.74, 6) is -0.264. The maximum absolute atomic E-state index is 13.1. The van der Waals surface area contributed by atoms with Gasteiger partial charge in [-0.1, -0.05) is 18.2 Å². The fourth-order valence-corrected chi connectivity index (χ4v) is 3.01. The number of fused-ring (bicyclic) bond motifs is 1. The van der Waals surface area contributed by atoms with Crippen molar-refractivity contribution in [2.24, 2.45) is 0 Å². The maximum atomic E-state index is 13.1. The van der Waals surface area contributed by atoms with Crippen LogP contribution >= 0.6 is 12.4 Å². The van der Waals surface area contributed by atoms with Crippen LogP contribution in [0.4, 0.5) is 4.39 Å². The number of hydrogen-bond acceptors (Lipinski definition) is 4. The highest BCUT2D eigenvalue weighted by atomic mass is 35.5. The van der Waals surface area contributed by atoms with Gasteiger partial charge in [-0.3, -0.25) is 4.79 Å². The fourth-order valence-electron chi connectivity index (χ4n) is 3.01. The number of hydrogen-bond donors (Lipinski definition) is 4. The van der Waals surface area contributed by atoms with Crippen LogP contribution in [-0.2, 0) is 6.42 Å². The molecule has 0 fully saturated rings. The summed E-state index contributed by atoms with van der Waals surface area (Å²) in [6.45, 7) is 1.02. The zero-order valence-corrected chi connectivity index (χ0v) is 15.4. The van der Waals surface area contributed by atoms with Crippen molar-refractivity contribution in [3.8, 4) is 5.75 Å². The molecule has 144 valence electrons. The van der Waals surface area contributed by atoms with E-state index in [-0.39, 0.29) is 29.5 Å². The van der Waals surface area contributed by atoms with E-state index in [0.717, 1.165) is 18.4 Å². The highest BCUT2D eigenvalue weighted by molar-refractivity contribution is 5.87. The number of aromatic hydroxyl groups is 1. The summed E-state index contributed by atoms with van der Waals surface area (Å²) < 4.78 is 13.1. The topological polar surface area (TPSA) is 85.3 Å². The largest absolute Gasteiger partial charge is 0.506 e. The van der Waals surface area contributed by atoms with Gasteiger partial charge in [-0.05, 0) is 54.8 Å². The molecule has 0 aliphatic carbocycles. The van der Waals surface area contributed by atoms with Crippen LogP contribution in [0.3, 0.4) is 0 Å². The Labute approximate surface area is 162 Å². The molecule has 0 aliphatic rings. The second kappa shape index (κ2) is 9.50. The molecule has 2 aromatic carbocycles. The van der Waals surface area contributed by atoms with Crippen LogP contribution in [0.15, 0.2) is 53.3 Å². The number of aliphatic hydroxyl groups is 1. The predicted molar refractivity (Wildman–Crippen MR) is 106 cm³/mol. The molecule has 0 aliphatic heterocycles. The van der Waals surface area contributed by atoms with E-state index in [9.17, 15) is 19.4 Å². The molecular weight excluding hydrogens is 371 g/mol. The summed E-state index contributed by atoms with van der Waals surface area (Å²) in [6.07, 6.45) is 0.794. The Morgan fingerprint density at radius 1 is 1.15 bits per heavy atom. The number of halogens is 2. The molecule has 0 spiro atoms. The minimum atomic E-state index is -0.779. The minimum Gasteiger partial charge on any atom is -0.506 e. The minimum absolute atomic E-state index is 0. The Hall–Kier alpha value is -2.41. The smallest absolute Gasteiger partial charge is 0.248 e. The number of pyridine rings is 1. The lowest BCUT2D eigenvalue weighted by molar-refractivity contribution is 0.176. The van der Waals surface area contributed by atoms with E-state index in [1.807, 2.05) is 6.07 Å². The molecule has 0 saturated carbocycles. The zero-order chi connectivity index (χ0) is 18.5. The molecule has 4 N–H and O–H groups in total. The van der Waals surface area contributed by atoms with Crippen molar-refractivity contribution in [1.29, 1.82) is 0 Å². The van der Waals surface area contributed by atoms with Crippen LogP contribution in [0.25, 0.3) is 10.9 Å². The van der Waals surface area contributed by atoms with Crippen LogP contribution < -0.4 is 10.9 Å². The van der Waals surface area contributed by atoms with Gasteiger partial charge in [-0.25, -0.2) is 4.39 Å². The average Bonchev–Trinajstić information content (AvgIpc) is 2.62. The van der Waals surface area contributed by atoms with Gasteiger partial charge in [0.25, 0.3) is 0 Å². The first kappa shape index (κ1) is 20.9. The molecule has 1 heterocycles. The summed E-state index contributed by atoms with van der Waals surface area (Å²) in [7, 11) is 0. The Kier molecular flexibility index (Phi) is 7.36. The summed E-state index contributed by atoms with van der Waals surface area (Å²) >= 11 is 0. The zero-order valence-electron chi connectivity index (χ0n) is 14.6. The fraction of sp³-hybridized carbons (Fsp3) is 0.250. The summed E-state index contributed by atoms with van der Waals surface area (Å²) in [5, 5.41) is 24.1. The third kappa shape index (κ3) is 5.29. The molecular formula is C20H22ClFN2O3. The Morgan fingerprint density at radius 2 is 1.96 bits per heavy atom. The Bertz CT molecular complexity index is 961. The molecule has 27 heavy (non-hydrogen) atoms. The first-order valence-electron chi connectivity index (χ1n) is 8.53. The van der Waals surface area contributed by atoms with Crippen LogP contribution in [0.5, 0.6) is 5.75 Å². The Morgan fingerprint density at radius 3 is 2.74 bits per heavy atom. The summed E-state index contributed by atoms with van der Waals surface area (Å²) in [5.41, 5.74) is 1.59. The van der Waals surface area contributed by atoms with Gasteiger partial charge in [-0.2, -0.15) is 0 Å². The molecule has 1 aromatic heterocycles. The average molecular weight is 393 g/mol. The molecule has 0 saturated heterocycles. The second-order valence-corrected chi connectivity index (χ2v) is 6.24. The van der Waals surface area contributed by atoms with E-state index < -0.39 is 6.10 Å². The third-order valence-corrected chi connectivity index (χ3v) is 4.31. The number of aromatic nitrogens is 1. The number of nitrogens with one attached hydrogen (secondary N) is 2. The van der Waals surface area contributed by atoms with Gasteiger partial charge in [0.2, 0.25) is 5.56 Å². The van der Waals surface area contributed by atoms with Crippen molar-refractivity contribution < 1.29 is 14.6 Å². The number of aryl methyl sites for hydroxylation is 1. The van der Waals surface area contributed by atoms with Crippen molar-refractivity contribution >= 4 is 23.3 Å².